The van der Waals surface area contributed by atoms with Crippen molar-refractivity contribution in [3.63, 3.8) is 0 Å². The van der Waals surface area contributed by atoms with Crippen molar-refractivity contribution >= 4 is 17.5 Å². The summed E-state index contributed by atoms with van der Waals surface area (Å²) in [6.07, 6.45) is 0.815. The zero-order valence-corrected chi connectivity index (χ0v) is 12.6. The van der Waals surface area contributed by atoms with Gasteiger partial charge in [-0.2, -0.15) is 0 Å². The zero-order chi connectivity index (χ0) is 15.1. The molecule has 2 N–H and O–H groups in total. The van der Waals surface area contributed by atoms with E-state index < -0.39 is 11.8 Å². The fourth-order valence-corrected chi connectivity index (χ4v) is 1.68. The lowest BCUT2D eigenvalue weighted by molar-refractivity contribution is -0.136. The molecule has 1 aromatic rings. The number of hydrogen-bond acceptors (Lipinski definition) is 3. The molecule has 0 bridgehead atoms. The highest BCUT2D eigenvalue weighted by Crippen LogP contribution is 2.13. The Morgan fingerprint density at radius 2 is 1.80 bits per heavy atom. The third kappa shape index (κ3) is 5.40. The largest absolute Gasteiger partial charge is 0.348 e. The van der Waals surface area contributed by atoms with Crippen LogP contribution in [-0.4, -0.2) is 43.9 Å². The summed E-state index contributed by atoms with van der Waals surface area (Å²) in [5, 5.41) is 5.20. The Kier molecular flexibility index (Phi) is 6.18. The topological polar surface area (TPSA) is 61.4 Å². The van der Waals surface area contributed by atoms with Gasteiger partial charge in [-0.25, -0.2) is 0 Å². The maximum absolute atomic E-state index is 11.7. The Bertz CT molecular complexity index is 484. The molecule has 0 fully saturated rings. The Morgan fingerprint density at radius 3 is 2.40 bits per heavy atom. The summed E-state index contributed by atoms with van der Waals surface area (Å²) in [6, 6.07) is 5.56. The molecular weight excluding hydrogens is 254 g/mol. The fraction of sp³-hybridized carbons (Fsp3) is 0.467. The van der Waals surface area contributed by atoms with Gasteiger partial charge < -0.3 is 15.5 Å². The molecule has 0 aliphatic rings. The van der Waals surface area contributed by atoms with E-state index in [0.29, 0.717) is 12.2 Å². The van der Waals surface area contributed by atoms with Gasteiger partial charge in [-0.3, -0.25) is 9.59 Å². The molecule has 0 saturated heterocycles. The maximum Gasteiger partial charge on any atom is 0.313 e. The van der Waals surface area contributed by atoms with Crippen LogP contribution in [0.25, 0.3) is 0 Å². The minimum absolute atomic E-state index is 0.497. The Hall–Kier alpha value is -1.88. The molecule has 5 heteroatoms. The average Bonchev–Trinajstić information content (AvgIpc) is 2.38. The molecule has 0 spiro atoms. The van der Waals surface area contributed by atoms with Crippen LogP contribution in [0.1, 0.15) is 17.5 Å². The van der Waals surface area contributed by atoms with Gasteiger partial charge in [-0.15, -0.1) is 0 Å². The highest BCUT2D eigenvalue weighted by atomic mass is 16.2. The first-order valence-corrected chi connectivity index (χ1v) is 6.71. The molecule has 0 heterocycles. The number of nitrogens with one attached hydrogen (secondary N) is 2. The first kappa shape index (κ1) is 16.2. The molecule has 0 atom stereocenters. The normalized spacial score (nSPS) is 10.4. The van der Waals surface area contributed by atoms with Crippen molar-refractivity contribution in [1.82, 2.24) is 10.2 Å². The van der Waals surface area contributed by atoms with Crippen molar-refractivity contribution in [3.05, 3.63) is 29.3 Å². The molecule has 0 aliphatic heterocycles. The Balaban J connectivity index is 2.41. The molecule has 20 heavy (non-hydrogen) atoms. The van der Waals surface area contributed by atoms with E-state index in [4.69, 9.17) is 0 Å². The van der Waals surface area contributed by atoms with Crippen molar-refractivity contribution in [2.75, 3.05) is 32.5 Å². The number of anilines is 1. The highest BCUT2D eigenvalue weighted by molar-refractivity contribution is 6.39. The molecule has 0 saturated carbocycles. The maximum atomic E-state index is 11.7. The monoisotopic (exact) mass is 277 g/mol. The number of hydrogen-bond donors (Lipinski definition) is 2. The van der Waals surface area contributed by atoms with Gasteiger partial charge in [-0.1, -0.05) is 6.07 Å². The second kappa shape index (κ2) is 7.65. The van der Waals surface area contributed by atoms with Crippen LogP contribution in [0.2, 0.25) is 0 Å². The lowest BCUT2D eigenvalue weighted by Gasteiger charge is -2.10. The number of benzene rings is 1. The van der Waals surface area contributed by atoms with Crippen LogP contribution in [0.5, 0.6) is 0 Å². The van der Waals surface area contributed by atoms with E-state index in [1.165, 1.54) is 0 Å². The first-order valence-electron chi connectivity index (χ1n) is 6.71. The third-order valence-corrected chi connectivity index (χ3v) is 3.04. The quantitative estimate of drug-likeness (QED) is 0.630. The summed E-state index contributed by atoms with van der Waals surface area (Å²) in [5.41, 5.74) is 2.87. The second-order valence-electron chi connectivity index (χ2n) is 5.17. The van der Waals surface area contributed by atoms with Gasteiger partial charge in [0, 0.05) is 12.2 Å². The third-order valence-electron chi connectivity index (χ3n) is 3.04. The molecule has 0 radical (unpaired) electrons. The van der Waals surface area contributed by atoms with Crippen molar-refractivity contribution < 1.29 is 9.59 Å². The van der Waals surface area contributed by atoms with Crippen LogP contribution >= 0.6 is 0 Å². The summed E-state index contributed by atoms with van der Waals surface area (Å²) in [5.74, 6) is -1.22. The SMILES string of the molecule is Cc1ccc(NC(=O)C(=O)NCCCN(C)C)cc1C. The average molecular weight is 277 g/mol. The van der Waals surface area contributed by atoms with Gasteiger partial charge in [0.1, 0.15) is 0 Å². The summed E-state index contributed by atoms with van der Waals surface area (Å²) < 4.78 is 0. The minimum Gasteiger partial charge on any atom is -0.348 e. The van der Waals surface area contributed by atoms with E-state index in [-0.39, 0.29) is 0 Å². The van der Waals surface area contributed by atoms with Gasteiger partial charge in [0.05, 0.1) is 0 Å². The minimum atomic E-state index is -0.627. The predicted octanol–water partition coefficient (Wildman–Crippen LogP) is 1.31. The fourth-order valence-electron chi connectivity index (χ4n) is 1.68. The second-order valence-corrected chi connectivity index (χ2v) is 5.17. The van der Waals surface area contributed by atoms with E-state index in [1.54, 1.807) is 6.07 Å². The molecule has 5 nitrogen and oxygen atoms in total. The van der Waals surface area contributed by atoms with Gasteiger partial charge in [0.2, 0.25) is 0 Å². The molecule has 0 aliphatic carbocycles. The van der Waals surface area contributed by atoms with Gasteiger partial charge in [-0.05, 0) is 64.2 Å². The molecule has 2 amide bonds. The summed E-state index contributed by atoms with van der Waals surface area (Å²) in [4.78, 5) is 25.3. The highest BCUT2D eigenvalue weighted by Gasteiger charge is 2.13. The number of nitrogens with zero attached hydrogens (tertiary/aromatic N) is 1. The van der Waals surface area contributed by atoms with Crippen LogP contribution in [0, 0.1) is 13.8 Å². The van der Waals surface area contributed by atoms with Crippen LogP contribution in [-0.2, 0) is 9.59 Å². The summed E-state index contributed by atoms with van der Waals surface area (Å²) in [6.45, 7) is 5.33. The summed E-state index contributed by atoms with van der Waals surface area (Å²) >= 11 is 0. The van der Waals surface area contributed by atoms with E-state index in [2.05, 4.69) is 10.6 Å². The summed E-state index contributed by atoms with van der Waals surface area (Å²) in [7, 11) is 3.93. The first-order chi connectivity index (χ1) is 9.40. The van der Waals surface area contributed by atoms with Crippen molar-refractivity contribution in [2.45, 2.75) is 20.3 Å². The van der Waals surface area contributed by atoms with Gasteiger partial charge in [0.25, 0.3) is 0 Å². The molecule has 1 rings (SSSR count). The molecule has 1 aromatic carbocycles. The predicted molar refractivity (Wildman–Crippen MR) is 80.7 cm³/mol. The molecular formula is C15H23N3O2. The number of amides is 2. The van der Waals surface area contributed by atoms with Crippen molar-refractivity contribution in [1.29, 1.82) is 0 Å². The van der Waals surface area contributed by atoms with E-state index in [1.807, 2.05) is 45.0 Å². The number of aryl methyl sites for hydroxylation is 2. The molecule has 0 aromatic heterocycles. The lowest BCUT2D eigenvalue weighted by atomic mass is 10.1. The molecule has 0 unspecified atom stereocenters. The van der Waals surface area contributed by atoms with Crippen LogP contribution in [0.15, 0.2) is 18.2 Å². The van der Waals surface area contributed by atoms with Crippen molar-refractivity contribution in [2.24, 2.45) is 0 Å². The van der Waals surface area contributed by atoms with E-state index >= 15 is 0 Å². The lowest BCUT2D eigenvalue weighted by Crippen LogP contribution is -2.36. The molecule has 110 valence electrons. The van der Waals surface area contributed by atoms with Gasteiger partial charge in [0.15, 0.2) is 0 Å². The Labute approximate surface area is 120 Å². The standard InChI is InChI=1S/C15H23N3O2/c1-11-6-7-13(10-12(11)2)17-15(20)14(19)16-8-5-9-18(3)4/h6-7,10H,5,8-9H2,1-4H3,(H,16,19)(H,17,20). The van der Waals surface area contributed by atoms with Crippen LogP contribution in [0.4, 0.5) is 5.69 Å². The van der Waals surface area contributed by atoms with E-state index in [0.717, 1.165) is 24.1 Å². The van der Waals surface area contributed by atoms with E-state index in [9.17, 15) is 9.59 Å². The van der Waals surface area contributed by atoms with Crippen LogP contribution in [0.3, 0.4) is 0 Å². The van der Waals surface area contributed by atoms with Crippen LogP contribution < -0.4 is 10.6 Å². The van der Waals surface area contributed by atoms with Crippen molar-refractivity contribution in [3.8, 4) is 0 Å². The Morgan fingerprint density at radius 1 is 1.10 bits per heavy atom. The zero-order valence-electron chi connectivity index (χ0n) is 12.6. The smallest absolute Gasteiger partial charge is 0.313 e. The number of rotatable bonds is 5. The number of carbonyl (C=O) groups excluding carboxylic acids is 2. The van der Waals surface area contributed by atoms with Gasteiger partial charge >= 0.3 is 11.8 Å². The number of carbonyl (C=O) groups is 2.